The van der Waals surface area contributed by atoms with Gasteiger partial charge in [-0.15, -0.1) is 0 Å². The van der Waals surface area contributed by atoms with Gasteiger partial charge in [0.15, 0.2) is 5.76 Å². The van der Waals surface area contributed by atoms with Gasteiger partial charge in [0.25, 0.3) is 0 Å². The topological polar surface area (TPSA) is 88.7 Å². The Morgan fingerprint density at radius 3 is 2.69 bits per heavy atom. The highest BCUT2D eigenvalue weighted by molar-refractivity contribution is 7.99. The molecule has 6 nitrogen and oxygen atoms in total. The fourth-order valence-electron chi connectivity index (χ4n) is 2.19. The Morgan fingerprint density at radius 1 is 1.31 bits per heavy atom. The quantitative estimate of drug-likeness (QED) is 0.602. The fraction of sp³-hybridized carbons (Fsp3) is 0.250. The number of hydrogen-bond acceptors (Lipinski definition) is 7. The van der Waals surface area contributed by atoms with Gasteiger partial charge in [-0.3, -0.25) is 0 Å². The van der Waals surface area contributed by atoms with Crippen molar-refractivity contribution >= 4 is 11.8 Å². The second-order valence-electron chi connectivity index (χ2n) is 5.29. The Balaban J connectivity index is 1.91. The van der Waals surface area contributed by atoms with Gasteiger partial charge in [0.1, 0.15) is 11.1 Å². The SMILES string of the molecule is Cc1cc(C(F)(F)F)c(C#N)c(S[C@@H](C)c2nc(-c3ccco3)no2)n1. The van der Waals surface area contributed by atoms with Gasteiger partial charge < -0.3 is 8.94 Å². The van der Waals surface area contributed by atoms with Crippen molar-refractivity contribution < 1.29 is 22.1 Å². The maximum absolute atomic E-state index is 13.2. The van der Waals surface area contributed by atoms with Crippen molar-refractivity contribution in [3.05, 3.63) is 47.2 Å². The third-order valence-corrected chi connectivity index (χ3v) is 4.42. The summed E-state index contributed by atoms with van der Waals surface area (Å²) < 4.78 is 49.8. The molecule has 0 spiro atoms. The molecule has 0 saturated heterocycles. The van der Waals surface area contributed by atoms with Crippen molar-refractivity contribution in [2.75, 3.05) is 0 Å². The Morgan fingerprint density at radius 2 is 2.08 bits per heavy atom. The highest BCUT2D eigenvalue weighted by Crippen LogP contribution is 2.40. The molecule has 10 heteroatoms. The minimum atomic E-state index is -4.64. The first kappa shape index (κ1) is 18.0. The van der Waals surface area contributed by atoms with Crippen molar-refractivity contribution in [1.82, 2.24) is 15.1 Å². The molecule has 0 saturated carbocycles. The van der Waals surface area contributed by atoms with E-state index in [9.17, 15) is 18.4 Å². The number of rotatable bonds is 4. The molecule has 0 aromatic carbocycles. The number of thioether (sulfide) groups is 1. The number of furan rings is 1. The zero-order chi connectivity index (χ0) is 18.9. The van der Waals surface area contributed by atoms with E-state index in [4.69, 9.17) is 8.94 Å². The van der Waals surface area contributed by atoms with E-state index in [-0.39, 0.29) is 22.4 Å². The van der Waals surface area contributed by atoms with Gasteiger partial charge in [0.2, 0.25) is 11.7 Å². The van der Waals surface area contributed by atoms with E-state index < -0.39 is 22.6 Å². The molecule has 0 aliphatic heterocycles. The molecule has 134 valence electrons. The van der Waals surface area contributed by atoms with Crippen LogP contribution >= 0.6 is 11.8 Å². The van der Waals surface area contributed by atoms with Gasteiger partial charge in [0, 0.05) is 5.69 Å². The molecular weight excluding hydrogens is 369 g/mol. The zero-order valence-electron chi connectivity index (χ0n) is 13.5. The average molecular weight is 380 g/mol. The Hall–Kier alpha value is -2.80. The van der Waals surface area contributed by atoms with Crippen molar-refractivity contribution in [3.8, 4) is 17.7 Å². The average Bonchev–Trinajstić information content (AvgIpc) is 3.24. The van der Waals surface area contributed by atoms with Gasteiger partial charge in [0.05, 0.1) is 22.6 Å². The van der Waals surface area contributed by atoms with Crippen LogP contribution in [0.4, 0.5) is 13.2 Å². The molecule has 1 atom stereocenters. The maximum Gasteiger partial charge on any atom is 0.417 e. The number of pyridine rings is 1. The van der Waals surface area contributed by atoms with E-state index in [0.29, 0.717) is 5.76 Å². The molecule has 26 heavy (non-hydrogen) atoms. The summed E-state index contributed by atoms with van der Waals surface area (Å²) in [7, 11) is 0. The number of aromatic nitrogens is 3. The van der Waals surface area contributed by atoms with Crippen LogP contribution in [0.2, 0.25) is 0 Å². The first-order chi connectivity index (χ1) is 12.3. The summed E-state index contributed by atoms with van der Waals surface area (Å²) in [5, 5.41) is 12.4. The smallest absolute Gasteiger partial charge is 0.417 e. The van der Waals surface area contributed by atoms with Crippen LogP contribution in [-0.2, 0) is 6.18 Å². The zero-order valence-corrected chi connectivity index (χ0v) is 14.4. The van der Waals surface area contributed by atoms with E-state index >= 15 is 0 Å². The van der Waals surface area contributed by atoms with Crippen LogP contribution in [0.1, 0.15) is 34.9 Å². The van der Waals surface area contributed by atoms with Crippen LogP contribution in [-0.4, -0.2) is 15.1 Å². The molecule has 0 amide bonds. The molecule has 0 aliphatic rings. The van der Waals surface area contributed by atoms with E-state index in [2.05, 4.69) is 15.1 Å². The first-order valence-electron chi connectivity index (χ1n) is 7.32. The van der Waals surface area contributed by atoms with Crippen molar-refractivity contribution in [3.63, 3.8) is 0 Å². The molecule has 3 aromatic heterocycles. The molecule has 3 aromatic rings. The van der Waals surface area contributed by atoms with Crippen molar-refractivity contribution in [2.45, 2.75) is 30.3 Å². The van der Waals surface area contributed by atoms with E-state index in [1.54, 1.807) is 25.1 Å². The summed E-state index contributed by atoms with van der Waals surface area (Å²) >= 11 is 0.942. The second-order valence-corrected chi connectivity index (χ2v) is 6.62. The summed E-state index contributed by atoms with van der Waals surface area (Å²) in [4.78, 5) is 8.25. The molecule has 0 bridgehead atoms. The molecule has 0 radical (unpaired) electrons. The van der Waals surface area contributed by atoms with Crippen LogP contribution in [0.5, 0.6) is 0 Å². The monoisotopic (exact) mass is 380 g/mol. The number of aryl methyl sites for hydroxylation is 1. The third-order valence-electron chi connectivity index (χ3n) is 3.35. The van der Waals surface area contributed by atoms with Gasteiger partial charge in [-0.2, -0.15) is 23.4 Å². The number of hydrogen-bond donors (Lipinski definition) is 0. The number of nitriles is 1. The Bertz CT molecular complexity index is 961. The summed E-state index contributed by atoms with van der Waals surface area (Å²) in [6, 6.07) is 5.77. The number of nitrogens with zero attached hydrogens (tertiary/aromatic N) is 4. The van der Waals surface area contributed by atoms with Gasteiger partial charge in [-0.1, -0.05) is 16.9 Å². The van der Waals surface area contributed by atoms with E-state index in [0.717, 1.165) is 17.8 Å². The summed E-state index contributed by atoms with van der Waals surface area (Å²) in [5.74, 6) is 0.816. The largest absolute Gasteiger partial charge is 0.461 e. The predicted molar refractivity (Wildman–Crippen MR) is 85.0 cm³/mol. The molecule has 3 heterocycles. The molecule has 0 unspecified atom stereocenters. The van der Waals surface area contributed by atoms with Crippen LogP contribution in [0.25, 0.3) is 11.6 Å². The summed E-state index contributed by atoms with van der Waals surface area (Å²) in [6.45, 7) is 3.11. The summed E-state index contributed by atoms with van der Waals surface area (Å²) in [6.07, 6.45) is -3.19. The standard InChI is InChI=1S/C16H11F3N4O2S/c1-8-6-11(16(17,18)19)10(7-20)15(21-8)26-9(2)14-22-13(23-25-14)12-4-3-5-24-12/h3-6,9H,1-2H3/t9-/m0/s1. The number of alkyl halides is 3. The first-order valence-corrected chi connectivity index (χ1v) is 8.20. The minimum Gasteiger partial charge on any atom is -0.461 e. The molecule has 0 aliphatic carbocycles. The highest BCUT2D eigenvalue weighted by Gasteiger charge is 2.36. The number of halogens is 3. The lowest BCUT2D eigenvalue weighted by Crippen LogP contribution is -2.11. The summed E-state index contributed by atoms with van der Waals surface area (Å²) in [5.41, 5.74) is -1.37. The van der Waals surface area contributed by atoms with Gasteiger partial charge in [-0.25, -0.2) is 4.98 Å². The van der Waals surface area contributed by atoms with E-state index in [1.807, 2.05) is 0 Å². The fourth-order valence-corrected chi connectivity index (χ4v) is 3.19. The molecular formula is C16H11F3N4O2S. The van der Waals surface area contributed by atoms with Crippen LogP contribution in [0.15, 0.2) is 38.4 Å². The van der Waals surface area contributed by atoms with Crippen LogP contribution in [0, 0.1) is 18.3 Å². The maximum atomic E-state index is 13.2. The Kier molecular flexibility index (Phi) is 4.73. The third kappa shape index (κ3) is 3.57. The molecule has 3 rings (SSSR count). The van der Waals surface area contributed by atoms with Crippen molar-refractivity contribution in [1.29, 1.82) is 5.26 Å². The molecule has 0 fully saturated rings. The van der Waals surface area contributed by atoms with Crippen molar-refractivity contribution in [2.24, 2.45) is 0 Å². The van der Waals surface area contributed by atoms with Crippen LogP contribution < -0.4 is 0 Å². The minimum absolute atomic E-state index is 0.0370. The second kappa shape index (κ2) is 6.84. The van der Waals surface area contributed by atoms with Crippen LogP contribution in [0.3, 0.4) is 0 Å². The van der Waals surface area contributed by atoms with Gasteiger partial charge in [-0.05, 0) is 32.0 Å². The normalized spacial score (nSPS) is 12.8. The highest BCUT2D eigenvalue weighted by atomic mass is 32.2. The van der Waals surface area contributed by atoms with E-state index in [1.165, 1.54) is 13.2 Å². The lowest BCUT2D eigenvalue weighted by atomic mass is 10.1. The lowest BCUT2D eigenvalue weighted by molar-refractivity contribution is -0.138. The predicted octanol–water partition coefficient (Wildman–Crippen LogP) is 4.78. The van der Waals surface area contributed by atoms with Gasteiger partial charge >= 0.3 is 6.18 Å². The lowest BCUT2D eigenvalue weighted by Gasteiger charge is -2.14. The Labute approximate surface area is 150 Å². The molecule has 0 N–H and O–H groups in total.